The Morgan fingerprint density at radius 1 is 1.35 bits per heavy atom. The SMILES string of the molecule is Cc1ccc(-[n+]2noc([O-])c2SCC(=O)Nc2ccc(Br)cc2F)cc1. The molecule has 6 nitrogen and oxygen atoms in total. The molecule has 0 saturated carbocycles. The van der Waals surface area contributed by atoms with Crippen molar-refractivity contribution in [2.75, 3.05) is 11.1 Å². The number of hydrogen-bond acceptors (Lipinski definition) is 5. The van der Waals surface area contributed by atoms with E-state index in [0.717, 1.165) is 17.3 Å². The Bertz CT molecular complexity index is 947. The molecular weight excluding hydrogens is 425 g/mol. The average molecular weight is 438 g/mol. The van der Waals surface area contributed by atoms with Crippen LogP contribution in [0.25, 0.3) is 5.69 Å². The van der Waals surface area contributed by atoms with Crippen LogP contribution in [0.5, 0.6) is 5.95 Å². The highest BCUT2D eigenvalue weighted by molar-refractivity contribution is 9.10. The van der Waals surface area contributed by atoms with Gasteiger partial charge in [-0.1, -0.05) is 33.6 Å². The minimum Gasteiger partial charge on any atom is -0.538 e. The summed E-state index contributed by atoms with van der Waals surface area (Å²) in [6.07, 6.45) is 0. The van der Waals surface area contributed by atoms with Gasteiger partial charge in [-0.3, -0.25) is 4.79 Å². The number of carbonyl (C=O) groups is 1. The van der Waals surface area contributed by atoms with Crippen LogP contribution in [-0.2, 0) is 4.79 Å². The number of nitrogens with zero attached hydrogens (tertiary/aromatic N) is 2. The van der Waals surface area contributed by atoms with Gasteiger partial charge in [0, 0.05) is 16.6 Å². The van der Waals surface area contributed by atoms with Crippen molar-refractivity contribution in [2.45, 2.75) is 11.9 Å². The zero-order valence-electron chi connectivity index (χ0n) is 13.5. The summed E-state index contributed by atoms with van der Waals surface area (Å²) in [7, 11) is 0. The van der Waals surface area contributed by atoms with Crippen molar-refractivity contribution >= 4 is 39.3 Å². The minimum absolute atomic E-state index is 0.0675. The summed E-state index contributed by atoms with van der Waals surface area (Å²) < 4.78 is 20.4. The first-order chi connectivity index (χ1) is 12.4. The summed E-state index contributed by atoms with van der Waals surface area (Å²) in [5.41, 5.74) is 1.77. The summed E-state index contributed by atoms with van der Waals surface area (Å²) in [5, 5.41) is 18.2. The summed E-state index contributed by atoms with van der Waals surface area (Å²) in [4.78, 5) is 12.1. The Balaban J connectivity index is 1.70. The van der Waals surface area contributed by atoms with Crippen LogP contribution in [0, 0.1) is 12.7 Å². The van der Waals surface area contributed by atoms with Crippen LogP contribution in [-0.4, -0.2) is 16.9 Å². The lowest BCUT2D eigenvalue weighted by Gasteiger charge is -2.06. The minimum atomic E-state index is -0.641. The molecule has 2 aromatic carbocycles. The molecular formula is C17H13BrFN3O3S. The average Bonchev–Trinajstić information content (AvgIpc) is 2.97. The highest BCUT2D eigenvalue weighted by atomic mass is 79.9. The fourth-order valence-electron chi connectivity index (χ4n) is 2.12. The number of nitrogens with one attached hydrogen (secondary N) is 1. The smallest absolute Gasteiger partial charge is 0.298 e. The molecule has 3 aromatic rings. The largest absolute Gasteiger partial charge is 0.538 e. The second-order valence-corrected chi connectivity index (χ2v) is 7.25. The van der Waals surface area contributed by atoms with Gasteiger partial charge in [-0.2, -0.15) is 0 Å². The van der Waals surface area contributed by atoms with Crippen molar-refractivity contribution in [2.24, 2.45) is 0 Å². The van der Waals surface area contributed by atoms with Crippen molar-refractivity contribution in [3.05, 3.63) is 58.3 Å². The predicted octanol–water partition coefficient (Wildman–Crippen LogP) is 2.97. The Morgan fingerprint density at radius 3 is 2.77 bits per heavy atom. The maximum atomic E-state index is 13.8. The molecule has 0 aliphatic heterocycles. The van der Waals surface area contributed by atoms with Gasteiger partial charge in [0.2, 0.25) is 11.6 Å². The molecule has 0 atom stereocenters. The second-order valence-electron chi connectivity index (χ2n) is 5.37. The lowest BCUT2D eigenvalue weighted by atomic mass is 10.2. The number of amides is 1. The van der Waals surface area contributed by atoms with Gasteiger partial charge in [0.1, 0.15) is 5.82 Å². The molecule has 3 rings (SSSR count). The van der Waals surface area contributed by atoms with Crippen molar-refractivity contribution < 1.29 is 23.5 Å². The van der Waals surface area contributed by atoms with Crippen molar-refractivity contribution in [1.82, 2.24) is 5.27 Å². The molecule has 0 fully saturated rings. The molecule has 0 bridgehead atoms. The summed E-state index contributed by atoms with van der Waals surface area (Å²) in [6.45, 7) is 1.94. The van der Waals surface area contributed by atoms with Gasteiger partial charge < -0.3 is 14.9 Å². The lowest BCUT2D eigenvalue weighted by molar-refractivity contribution is -0.705. The molecule has 0 aliphatic rings. The van der Waals surface area contributed by atoms with E-state index in [1.54, 1.807) is 18.2 Å². The van der Waals surface area contributed by atoms with E-state index in [-0.39, 0.29) is 16.5 Å². The molecule has 1 heterocycles. The zero-order chi connectivity index (χ0) is 18.7. The molecule has 0 spiro atoms. The van der Waals surface area contributed by atoms with E-state index in [2.05, 4.69) is 26.5 Å². The molecule has 0 radical (unpaired) electrons. The zero-order valence-corrected chi connectivity index (χ0v) is 15.9. The molecule has 26 heavy (non-hydrogen) atoms. The van der Waals surface area contributed by atoms with Gasteiger partial charge >= 0.3 is 0 Å². The van der Waals surface area contributed by atoms with Crippen LogP contribution in [0.1, 0.15) is 5.56 Å². The number of rotatable bonds is 5. The van der Waals surface area contributed by atoms with Crippen LogP contribution in [0.4, 0.5) is 10.1 Å². The standard InChI is InChI=1S/C17H13BrFN3O3S/c1-10-2-5-12(6-3-10)22-16(17(24)25-21-22)26-9-15(23)20-14-7-4-11(18)8-13(14)19/h2-8H,9H2,1H3,(H-,20,21,23,24). The summed E-state index contributed by atoms with van der Waals surface area (Å²) in [6, 6.07) is 11.7. The Hall–Kier alpha value is -2.39. The topological polar surface area (TPSA) is 82.1 Å². The predicted molar refractivity (Wildman–Crippen MR) is 95.7 cm³/mol. The summed E-state index contributed by atoms with van der Waals surface area (Å²) >= 11 is 4.12. The molecule has 1 aromatic heterocycles. The summed E-state index contributed by atoms with van der Waals surface area (Å²) in [5.74, 6) is -1.75. The van der Waals surface area contributed by atoms with Gasteiger partial charge in [-0.05, 0) is 41.6 Å². The highest BCUT2D eigenvalue weighted by Crippen LogP contribution is 2.24. The Morgan fingerprint density at radius 2 is 2.08 bits per heavy atom. The number of benzene rings is 2. The van der Waals surface area contributed by atoms with Crippen LogP contribution in [0.3, 0.4) is 0 Å². The van der Waals surface area contributed by atoms with Gasteiger partial charge in [0.05, 0.1) is 16.7 Å². The Kier molecular flexibility index (Phi) is 5.58. The van der Waals surface area contributed by atoms with E-state index >= 15 is 0 Å². The first-order valence-corrected chi connectivity index (χ1v) is 9.25. The molecule has 9 heteroatoms. The normalized spacial score (nSPS) is 10.7. The van der Waals surface area contributed by atoms with Crippen molar-refractivity contribution in [1.29, 1.82) is 0 Å². The van der Waals surface area contributed by atoms with Crippen LogP contribution in [0.2, 0.25) is 0 Å². The third kappa shape index (κ3) is 4.23. The quantitative estimate of drug-likeness (QED) is 0.490. The van der Waals surface area contributed by atoms with Crippen LogP contribution >= 0.6 is 27.7 Å². The number of halogens is 2. The van der Waals surface area contributed by atoms with Crippen molar-refractivity contribution in [3.8, 4) is 11.6 Å². The third-order valence-corrected chi connectivity index (χ3v) is 4.91. The molecule has 0 aliphatic carbocycles. The van der Waals surface area contributed by atoms with E-state index in [9.17, 15) is 14.3 Å². The van der Waals surface area contributed by atoms with Crippen LogP contribution in [0.15, 0.2) is 56.5 Å². The van der Waals surface area contributed by atoms with E-state index in [4.69, 9.17) is 4.52 Å². The molecule has 0 unspecified atom stereocenters. The second kappa shape index (κ2) is 7.88. The molecule has 1 amide bonds. The number of aromatic nitrogens is 2. The third-order valence-electron chi connectivity index (χ3n) is 3.40. The van der Waals surface area contributed by atoms with Gasteiger partial charge in [0.25, 0.3) is 5.03 Å². The van der Waals surface area contributed by atoms with E-state index < -0.39 is 17.7 Å². The van der Waals surface area contributed by atoms with E-state index in [0.29, 0.717) is 10.2 Å². The number of carbonyl (C=O) groups excluding carboxylic acids is 1. The Labute approximate surface area is 161 Å². The first kappa shape index (κ1) is 18.4. The molecule has 0 saturated heterocycles. The van der Waals surface area contributed by atoms with Gasteiger partial charge in [0.15, 0.2) is 5.95 Å². The van der Waals surface area contributed by atoms with Crippen LogP contribution < -0.4 is 15.1 Å². The van der Waals surface area contributed by atoms with E-state index in [1.807, 2.05) is 19.1 Å². The fraction of sp³-hybridized carbons (Fsp3) is 0.118. The van der Waals surface area contributed by atoms with E-state index in [1.165, 1.54) is 16.8 Å². The van der Waals surface area contributed by atoms with Crippen molar-refractivity contribution in [3.63, 3.8) is 0 Å². The van der Waals surface area contributed by atoms with Gasteiger partial charge in [-0.25, -0.2) is 4.39 Å². The number of anilines is 1. The first-order valence-electron chi connectivity index (χ1n) is 7.48. The highest BCUT2D eigenvalue weighted by Gasteiger charge is 2.22. The maximum absolute atomic E-state index is 13.8. The molecule has 134 valence electrons. The van der Waals surface area contributed by atoms with Gasteiger partial charge in [-0.15, -0.1) is 0 Å². The lowest BCUT2D eigenvalue weighted by Crippen LogP contribution is -2.35. The maximum Gasteiger partial charge on any atom is 0.298 e. The number of hydrogen-bond donors (Lipinski definition) is 1. The number of aryl methyl sites for hydroxylation is 1. The monoisotopic (exact) mass is 437 g/mol. The number of thioether (sulfide) groups is 1. The molecule has 1 N–H and O–H groups in total. The fourth-order valence-corrected chi connectivity index (χ4v) is 3.21.